The first kappa shape index (κ1) is 9.47. The summed E-state index contributed by atoms with van der Waals surface area (Å²) in [6, 6.07) is 0. The highest BCUT2D eigenvalue weighted by atomic mass is 16.1. The second-order valence-electron chi connectivity index (χ2n) is 4.07. The van der Waals surface area contributed by atoms with E-state index < -0.39 is 0 Å². The van der Waals surface area contributed by atoms with Gasteiger partial charge < -0.3 is 5.73 Å². The Morgan fingerprint density at radius 1 is 1.50 bits per heavy atom. The minimum Gasteiger partial charge on any atom is -0.369 e. The molecule has 0 aromatic rings. The highest BCUT2D eigenvalue weighted by Crippen LogP contribution is 2.23. The van der Waals surface area contributed by atoms with Crippen molar-refractivity contribution in [3.63, 3.8) is 0 Å². The lowest BCUT2D eigenvalue weighted by Gasteiger charge is -2.20. The van der Waals surface area contributed by atoms with Crippen LogP contribution >= 0.6 is 0 Å². The van der Waals surface area contributed by atoms with Crippen LogP contribution in [0.5, 0.6) is 0 Å². The molecule has 2 heteroatoms. The summed E-state index contributed by atoms with van der Waals surface area (Å²) in [6.07, 6.45) is 0.863. The lowest BCUT2D eigenvalue weighted by molar-refractivity contribution is -0.122. The molecule has 1 unspecified atom stereocenters. The standard InChI is InChI=1S/C8H17NO/c1-6(7(9)10)5-8(2,3)4/h6H,5H2,1-4H3,(H2,9,10). The highest BCUT2D eigenvalue weighted by molar-refractivity contribution is 5.76. The fourth-order valence-corrected chi connectivity index (χ4v) is 1.02. The molecule has 0 aliphatic heterocycles. The lowest BCUT2D eigenvalue weighted by Crippen LogP contribution is -2.24. The van der Waals surface area contributed by atoms with Crippen LogP contribution in [0.15, 0.2) is 0 Å². The van der Waals surface area contributed by atoms with Crippen LogP contribution in [-0.4, -0.2) is 5.91 Å². The Balaban J connectivity index is 3.80. The summed E-state index contributed by atoms with van der Waals surface area (Å²) in [7, 11) is 0. The molecule has 60 valence electrons. The van der Waals surface area contributed by atoms with E-state index in [9.17, 15) is 4.79 Å². The van der Waals surface area contributed by atoms with Crippen LogP contribution in [0.4, 0.5) is 0 Å². The van der Waals surface area contributed by atoms with Gasteiger partial charge in [0.15, 0.2) is 0 Å². The molecule has 0 radical (unpaired) electrons. The Hall–Kier alpha value is -0.530. The number of carbonyl (C=O) groups excluding carboxylic acids is 1. The summed E-state index contributed by atoms with van der Waals surface area (Å²) in [4.78, 5) is 10.6. The number of carbonyl (C=O) groups is 1. The van der Waals surface area contributed by atoms with Gasteiger partial charge >= 0.3 is 0 Å². The van der Waals surface area contributed by atoms with Crippen molar-refractivity contribution in [3.8, 4) is 0 Å². The van der Waals surface area contributed by atoms with Gasteiger partial charge in [0.05, 0.1) is 0 Å². The molecule has 0 aliphatic rings. The minimum atomic E-state index is -0.199. The lowest BCUT2D eigenvalue weighted by atomic mass is 9.85. The zero-order chi connectivity index (χ0) is 8.36. The van der Waals surface area contributed by atoms with Gasteiger partial charge in [-0.1, -0.05) is 27.7 Å². The van der Waals surface area contributed by atoms with Gasteiger partial charge in [0.2, 0.25) is 5.91 Å². The largest absolute Gasteiger partial charge is 0.369 e. The third kappa shape index (κ3) is 4.36. The highest BCUT2D eigenvalue weighted by Gasteiger charge is 2.18. The number of hydrogen-bond donors (Lipinski definition) is 1. The summed E-state index contributed by atoms with van der Waals surface area (Å²) >= 11 is 0. The SMILES string of the molecule is CC(CC(C)(C)C)C(N)=O. The van der Waals surface area contributed by atoms with Crippen molar-refractivity contribution in [2.75, 3.05) is 0 Å². The number of nitrogens with two attached hydrogens (primary N) is 1. The van der Waals surface area contributed by atoms with Crippen molar-refractivity contribution in [1.82, 2.24) is 0 Å². The van der Waals surface area contributed by atoms with Crippen molar-refractivity contribution in [2.45, 2.75) is 34.1 Å². The third-order valence-corrected chi connectivity index (χ3v) is 1.40. The number of hydrogen-bond acceptors (Lipinski definition) is 1. The average molecular weight is 143 g/mol. The predicted molar refractivity (Wildman–Crippen MR) is 42.4 cm³/mol. The monoisotopic (exact) mass is 143 g/mol. The second kappa shape index (κ2) is 3.04. The van der Waals surface area contributed by atoms with Crippen molar-refractivity contribution >= 4 is 5.91 Å². The van der Waals surface area contributed by atoms with Crippen LogP contribution in [0.1, 0.15) is 34.1 Å². The van der Waals surface area contributed by atoms with Gasteiger partial charge in [-0.3, -0.25) is 4.79 Å². The molecule has 0 bridgehead atoms. The summed E-state index contributed by atoms with van der Waals surface area (Å²) in [5.41, 5.74) is 5.31. The summed E-state index contributed by atoms with van der Waals surface area (Å²) in [5.74, 6) is -0.199. The van der Waals surface area contributed by atoms with Crippen LogP contribution in [0.2, 0.25) is 0 Å². The smallest absolute Gasteiger partial charge is 0.220 e. The van der Waals surface area contributed by atoms with E-state index in [0.29, 0.717) is 0 Å². The zero-order valence-electron chi connectivity index (χ0n) is 7.27. The summed E-state index contributed by atoms with van der Waals surface area (Å²) < 4.78 is 0. The molecule has 0 saturated heterocycles. The quantitative estimate of drug-likeness (QED) is 0.626. The molecule has 10 heavy (non-hydrogen) atoms. The Kier molecular flexibility index (Phi) is 2.88. The second-order valence-corrected chi connectivity index (χ2v) is 4.07. The first-order valence-electron chi connectivity index (χ1n) is 3.62. The fraction of sp³-hybridized carbons (Fsp3) is 0.875. The molecule has 0 saturated carbocycles. The number of primary amides is 1. The van der Waals surface area contributed by atoms with Gasteiger partial charge in [0.1, 0.15) is 0 Å². The molecule has 0 spiro atoms. The normalized spacial score (nSPS) is 14.8. The van der Waals surface area contributed by atoms with Crippen LogP contribution < -0.4 is 5.73 Å². The molecule has 0 aromatic carbocycles. The van der Waals surface area contributed by atoms with E-state index in [1.54, 1.807) is 0 Å². The van der Waals surface area contributed by atoms with E-state index >= 15 is 0 Å². The average Bonchev–Trinajstić information content (AvgIpc) is 1.60. The van der Waals surface area contributed by atoms with Crippen molar-refractivity contribution in [1.29, 1.82) is 0 Å². The maximum absolute atomic E-state index is 10.6. The topological polar surface area (TPSA) is 43.1 Å². The van der Waals surface area contributed by atoms with E-state index in [-0.39, 0.29) is 17.2 Å². The Morgan fingerprint density at radius 2 is 1.90 bits per heavy atom. The van der Waals surface area contributed by atoms with Crippen LogP contribution in [0, 0.1) is 11.3 Å². The molecular formula is C8H17NO. The third-order valence-electron chi connectivity index (χ3n) is 1.40. The molecule has 0 heterocycles. The zero-order valence-corrected chi connectivity index (χ0v) is 7.27. The van der Waals surface area contributed by atoms with E-state index in [1.807, 2.05) is 6.92 Å². The van der Waals surface area contributed by atoms with Gasteiger partial charge in [0, 0.05) is 5.92 Å². The van der Waals surface area contributed by atoms with Gasteiger partial charge in [-0.05, 0) is 11.8 Å². The van der Waals surface area contributed by atoms with Gasteiger partial charge in [-0.25, -0.2) is 0 Å². The van der Waals surface area contributed by atoms with E-state index in [2.05, 4.69) is 20.8 Å². The number of amides is 1. The number of rotatable bonds is 2. The first-order valence-corrected chi connectivity index (χ1v) is 3.62. The van der Waals surface area contributed by atoms with Crippen molar-refractivity contribution < 1.29 is 4.79 Å². The Labute approximate surface area is 62.8 Å². The fourth-order valence-electron chi connectivity index (χ4n) is 1.02. The summed E-state index contributed by atoms with van der Waals surface area (Å²) in [6.45, 7) is 8.18. The molecule has 0 fully saturated rings. The molecule has 0 aliphatic carbocycles. The Morgan fingerprint density at radius 3 is 2.00 bits per heavy atom. The summed E-state index contributed by atoms with van der Waals surface area (Å²) in [5, 5.41) is 0. The van der Waals surface area contributed by atoms with Crippen LogP contribution in [-0.2, 0) is 4.79 Å². The van der Waals surface area contributed by atoms with Crippen LogP contribution in [0.25, 0.3) is 0 Å². The van der Waals surface area contributed by atoms with Gasteiger partial charge in [-0.2, -0.15) is 0 Å². The maximum Gasteiger partial charge on any atom is 0.220 e. The van der Waals surface area contributed by atoms with Crippen molar-refractivity contribution in [3.05, 3.63) is 0 Å². The molecule has 2 nitrogen and oxygen atoms in total. The maximum atomic E-state index is 10.6. The predicted octanol–water partition coefficient (Wildman–Crippen LogP) is 1.54. The molecule has 0 rings (SSSR count). The molecular weight excluding hydrogens is 126 g/mol. The van der Waals surface area contributed by atoms with Gasteiger partial charge in [0.25, 0.3) is 0 Å². The first-order chi connectivity index (χ1) is 4.33. The molecule has 1 atom stereocenters. The van der Waals surface area contributed by atoms with E-state index in [0.717, 1.165) is 6.42 Å². The molecule has 0 aromatic heterocycles. The van der Waals surface area contributed by atoms with Crippen LogP contribution in [0.3, 0.4) is 0 Å². The van der Waals surface area contributed by atoms with Crippen molar-refractivity contribution in [2.24, 2.45) is 17.1 Å². The van der Waals surface area contributed by atoms with E-state index in [1.165, 1.54) is 0 Å². The minimum absolute atomic E-state index is 0.000000000000000222. The molecule has 2 N–H and O–H groups in total. The Bertz CT molecular complexity index is 124. The molecule has 1 amide bonds. The van der Waals surface area contributed by atoms with E-state index in [4.69, 9.17) is 5.73 Å². The van der Waals surface area contributed by atoms with Gasteiger partial charge in [-0.15, -0.1) is 0 Å².